The molecule has 1 N–H and O–H groups in total. The van der Waals surface area contributed by atoms with Gasteiger partial charge in [0.05, 0.1) is 65.6 Å². The molecule has 1 aromatic rings. The molecule has 36 heavy (non-hydrogen) atoms. The third-order valence-corrected chi connectivity index (χ3v) is 6.22. The Hall–Kier alpha value is -1.22. The fourth-order valence-electron chi connectivity index (χ4n) is 4.08. The SMILES string of the molecule is CCCCCCCCc1ccc(OCCOCCOCCOCCOCCOC2CCNCC2)cc1. The molecule has 2 rings (SSSR count). The normalized spacial score (nSPS) is 14.4. The van der Waals surface area contributed by atoms with Crippen molar-refractivity contribution in [1.29, 1.82) is 0 Å². The van der Waals surface area contributed by atoms with Gasteiger partial charge in [-0.3, -0.25) is 0 Å². The van der Waals surface area contributed by atoms with Crippen molar-refractivity contribution in [2.24, 2.45) is 0 Å². The molecule has 1 aliphatic heterocycles. The van der Waals surface area contributed by atoms with E-state index in [2.05, 4.69) is 36.5 Å². The van der Waals surface area contributed by atoms with Crippen molar-refractivity contribution in [3.05, 3.63) is 29.8 Å². The number of rotatable bonds is 24. The first-order valence-corrected chi connectivity index (χ1v) is 14.2. The van der Waals surface area contributed by atoms with Crippen LogP contribution in [0.15, 0.2) is 24.3 Å². The third kappa shape index (κ3) is 17.3. The van der Waals surface area contributed by atoms with Crippen LogP contribution in [0.4, 0.5) is 0 Å². The van der Waals surface area contributed by atoms with Crippen LogP contribution >= 0.6 is 0 Å². The molecule has 0 radical (unpaired) electrons. The summed E-state index contributed by atoms with van der Waals surface area (Å²) in [4.78, 5) is 0. The lowest BCUT2D eigenvalue weighted by molar-refractivity contribution is -0.0284. The predicted molar refractivity (Wildman–Crippen MR) is 144 cm³/mol. The Labute approximate surface area is 219 Å². The largest absolute Gasteiger partial charge is 0.491 e. The van der Waals surface area contributed by atoms with Crippen LogP contribution in [0.25, 0.3) is 0 Å². The summed E-state index contributed by atoms with van der Waals surface area (Å²) in [6.07, 6.45) is 11.7. The van der Waals surface area contributed by atoms with E-state index >= 15 is 0 Å². The molecule has 208 valence electrons. The molecular formula is C29H51NO6. The van der Waals surface area contributed by atoms with Crippen LogP contribution in [0.1, 0.15) is 63.9 Å². The highest BCUT2D eigenvalue weighted by molar-refractivity contribution is 5.27. The number of aryl methyl sites for hydroxylation is 1. The van der Waals surface area contributed by atoms with Gasteiger partial charge in [-0.2, -0.15) is 0 Å². The van der Waals surface area contributed by atoms with Gasteiger partial charge in [0.25, 0.3) is 0 Å². The van der Waals surface area contributed by atoms with E-state index in [0.29, 0.717) is 72.2 Å². The van der Waals surface area contributed by atoms with Crippen LogP contribution in [-0.2, 0) is 30.1 Å². The van der Waals surface area contributed by atoms with Crippen molar-refractivity contribution in [2.75, 3.05) is 79.2 Å². The summed E-state index contributed by atoms with van der Waals surface area (Å²) in [5.74, 6) is 0.900. The van der Waals surface area contributed by atoms with Crippen molar-refractivity contribution < 1.29 is 28.4 Å². The predicted octanol–water partition coefficient (Wildman–Crippen LogP) is 4.80. The Balaban J connectivity index is 1.28. The monoisotopic (exact) mass is 509 g/mol. The number of hydrogen-bond donors (Lipinski definition) is 1. The zero-order chi connectivity index (χ0) is 25.4. The fourth-order valence-corrected chi connectivity index (χ4v) is 4.08. The molecule has 0 unspecified atom stereocenters. The van der Waals surface area contributed by atoms with Gasteiger partial charge in [0.15, 0.2) is 0 Å². The zero-order valence-electron chi connectivity index (χ0n) is 22.7. The molecule has 0 amide bonds. The third-order valence-electron chi connectivity index (χ3n) is 6.22. The van der Waals surface area contributed by atoms with Crippen molar-refractivity contribution in [3.8, 4) is 5.75 Å². The first kappa shape index (κ1) is 31.0. The average Bonchev–Trinajstić information content (AvgIpc) is 2.91. The molecule has 1 aromatic carbocycles. The highest BCUT2D eigenvalue weighted by Crippen LogP contribution is 2.15. The van der Waals surface area contributed by atoms with Crippen LogP contribution in [0.2, 0.25) is 0 Å². The van der Waals surface area contributed by atoms with Gasteiger partial charge in [0.1, 0.15) is 12.4 Å². The summed E-state index contributed by atoms with van der Waals surface area (Å²) in [6, 6.07) is 8.47. The minimum atomic E-state index is 0.386. The first-order valence-electron chi connectivity index (χ1n) is 14.2. The van der Waals surface area contributed by atoms with Crippen LogP contribution in [-0.4, -0.2) is 85.3 Å². The quantitative estimate of drug-likeness (QED) is 0.201. The van der Waals surface area contributed by atoms with Gasteiger partial charge in [-0.25, -0.2) is 0 Å². The van der Waals surface area contributed by atoms with Gasteiger partial charge in [-0.1, -0.05) is 51.2 Å². The van der Waals surface area contributed by atoms with E-state index in [-0.39, 0.29) is 0 Å². The van der Waals surface area contributed by atoms with Crippen molar-refractivity contribution in [1.82, 2.24) is 5.32 Å². The summed E-state index contributed by atoms with van der Waals surface area (Å²) < 4.78 is 33.7. The molecular weight excluding hydrogens is 458 g/mol. The van der Waals surface area contributed by atoms with Crippen LogP contribution in [0, 0.1) is 0 Å². The second kappa shape index (κ2) is 22.9. The fraction of sp³-hybridized carbons (Fsp3) is 0.793. The summed E-state index contributed by atoms with van der Waals surface area (Å²) in [7, 11) is 0. The van der Waals surface area contributed by atoms with Crippen LogP contribution in [0.5, 0.6) is 5.75 Å². The molecule has 7 nitrogen and oxygen atoms in total. The Morgan fingerprint density at radius 1 is 0.639 bits per heavy atom. The minimum Gasteiger partial charge on any atom is -0.491 e. The van der Waals surface area contributed by atoms with Gasteiger partial charge in [0.2, 0.25) is 0 Å². The number of hydrogen-bond acceptors (Lipinski definition) is 7. The van der Waals surface area contributed by atoms with Crippen molar-refractivity contribution in [2.45, 2.75) is 70.8 Å². The summed E-state index contributed by atoms with van der Waals surface area (Å²) in [5, 5.41) is 3.33. The number of benzene rings is 1. The standard InChI is InChI=1S/C29H51NO6/c1-2-3-4-5-6-7-8-27-9-11-28(12-10-27)35-25-23-33-21-19-31-17-18-32-20-22-34-24-26-36-29-13-15-30-16-14-29/h9-12,29-30H,2-8,13-26H2,1H3. The molecule has 0 aromatic heterocycles. The van der Waals surface area contributed by atoms with Gasteiger partial charge in [0, 0.05) is 0 Å². The van der Waals surface area contributed by atoms with E-state index in [4.69, 9.17) is 28.4 Å². The Bertz CT molecular complexity index is 594. The van der Waals surface area contributed by atoms with Gasteiger partial charge in [-0.15, -0.1) is 0 Å². The number of unbranched alkanes of at least 4 members (excludes halogenated alkanes) is 5. The van der Waals surface area contributed by atoms with Gasteiger partial charge in [-0.05, 0) is 56.5 Å². The summed E-state index contributed by atoms with van der Waals surface area (Å²) in [5.41, 5.74) is 1.39. The van der Waals surface area contributed by atoms with Crippen molar-refractivity contribution in [3.63, 3.8) is 0 Å². The number of ether oxygens (including phenoxy) is 6. The lowest BCUT2D eigenvalue weighted by Crippen LogP contribution is -2.33. The summed E-state index contributed by atoms with van der Waals surface area (Å²) in [6.45, 7) is 10.1. The Kier molecular flexibility index (Phi) is 19.8. The smallest absolute Gasteiger partial charge is 0.119 e. The highest BCUT2D eigenvalue weighted by Gasteiger charge is 2.12. The maximum atomic E-state index is 5.79. The maximum Gasteiger partial charge on any atom is 0.119 e. The molecule has 0 aliphatic carbocycles. The van der Waals surface area contributed by atoms with E-state index in [1.54, 1.807) is 0 Å². The summed E-state index contributed by atoms with van der Waals surface area (Å²) >= 11 is 0. The van der Waals surface area contributed by atoms with E-state index in [1.807, 2.05) is 0 Å². The second-order valence-electron chi connectivity index (χ2n) is 9.28. The number of piperidine rings is 1. The van der Waals surface area contributed by atoms with E-state index in [0.717, 1.165) is 38.1 Å². The second-order valence-corrected chi connectivity index (χ2v) is 9.28. The molecule has 1 fully saturated rings. The maximum absolute atomic E-state index is 5.79. The molecule has 1 saturated heterocycles. The molecule has 0 atom stereocenters. The van der Waals surface area contributed by atoms with Crippen LogP contribution in [0.3, 0.4) is 0 Å². The molecule has 7 heteroatoms. The zero-order valence-corrected chi connectivity index (χ0v) is 22.7. The lowest BCUT2D eigenvalue weighted by atomic mass is 10.0. The topological polar surface area (TPSA) is 67.4 Å². The number of nitrogens with one attached hydrogen (secondary N) is 1. The Morgan fingerprint density at radius 2 is 1.17 bits per heavy atom. The Morgan fingerprint density at radius 3 is 1.78 bits per heavy atom. The first-order chi connectivity index (χ1) is 17.9. The lowest BCUT2D eigenvalue weighted by Gasteiger charge is -2.22. The molecule has 0 bridgehead atoms. The minimum absolute atomic E-state index is 0.386. The van der Waals surface area contributed by atoms with Gasteiger partial charge < -0.3 is 33.7 Å². The highest BCUT2D eigenvalue weighted by atomic mass is 16.6. The molecule has 1 aliphatic rings. The molecule has 0 saturated carbocycles. The van der Waals surface area contributed by atoms with E-state index in [1.165, 1.54) is 44.1 Å². The molecule has 1 heterocycles. The van der Waals surface area contributed by atoms with Crippen LogP contribution < -0.4 is 10.1 Å². The van der Waals surface area contributed by atoms with Crippen molar-refractivity contribution >= 4 is 0 Å². The molecule has 0 spiro atoms. The van der Waals surface area contributed by atoms with Gasteiger partial charge >= 0.3 is 0 Å². The van der Waals surface area contributed by atoms with E-state index in [9.17, 15) is 0 Å². The van der Waals surface area contributed by atoms with E-state index < -0.39 is 0 Å². The average molecular weight is 510 g/mol.